The van der Waals surface area contributed by atoms with E-state index in [9.17, 15) is 9.59 Å². The molecule has 1 aromatic carbocycles. The van der Waals surface area contributed by atoms with Crippen LogP contribution in [0.15, 0.2) is 24.3 Å². The van der Waals surface area contributed by atoms with E-state index in [1.807, 2.05) is 18.2 Å². The molecule has 1 fully saturated rings. The molecule has 0 unspecified atom stereocenters. The van der Waals surface area contributed by atoms with Crippen LogP contribution in [0.25, 0.3) is 0 Å². The number of carbonyl (C=O) groups is 2. The Hall–Kier alpha value is -1.59. The summed E-state index contributed by atoms with van der Waals surface area (Å²) in [6.07, 6.45) is 1.30. The van der Waals surface area contributed by atoms with Gasteiger partial charge in [-0.1, -0.05) is 29.8 Å². The maximum atomic E-state index is 12.8. The summed E-state index contributed by atoms with van der Waals surface area (Å²) in [4.78, 5) is 24.2. The monoisotopic (exact) mass is 339 g/mol. The number of nitrogens with one attached hydrogen (secondary N) is 1. The van der Waals surface area contributed by atoms with Crippen molar-refractivity contribution >= 4 is 23.5 Å². The summed E-state index contributed by atoms with van der Waals surface area (Å²) in [6, 6.07) is 7.40. The first-order valence-corrected chi connectivity index (χ1v) is 8.24. The van der Waals surface area contributed by atoms with Crippen LogP contribution in [0, 0.1) is 0 Å². The summed E-state index contributed by atoms with van der Waals surface area (Å²) >= 11 is 6.32. The number of rotatable bonds is 6. The van der Waals surface area contributed by atoms with Crippen LogP contribution in [-0.4, -0.2) is 38.2 Å². The molecule has 1 aromatic rings. The Morgan fingerprint density at radius 2 is 2.00 bits per heavy atom. The molecule has 23 heavy (non-hydrogen) atoms. The van der Waals surface area contributed by atoms with Crippen molar-refractivity contribution in [3.05, 3.63) is 34.9 Å². The first kappa shape index (κ1) is 17.8. The number of hydrogen-bond donors (Lipinski definition) is 1. The number of amides is 1. The molecule has 1 aliphatic heterocycles. The largest absolute Gasteiger partial charge is 0.466 e. The minimum Gasteiger partial charge on any atom is -0.466 e. The van der Waals surface area contributed by atoms with Crippen molar-refractivity contribution < 1.29 is 19.1 Å². The van der Waals surface area contributed by atoms with Gasteiger partial charge >= 0.3 is 5.97 Å². The lowest BCUT2D eigenvalue weighted by atomic mass is 9.73. The fourth-order valence-corrected chi connectivity index (χ4v) is 3.18. The van der Waals surface area contributed by atoms with Crippen LogP contribution in [0.1, 0.15) is 31.7 Å². The number of esters is 1. The first-order chi connectivity index (χ1) is 11.1. The fraction of sp³-hybridized carbons (Fsp3) is 0.529. The summed E-state index contributed by atoms with van der Waals surface area (Å²) in [7, 11) is 0. The van der Waals surface area contributed by atoms with Gasteiger partial charge in [0.05, 0.1) is 18.4 Å². The summed E-state index contributed by atoms with van der Waals surface area (Å²) in [6.45, 7) is 3.37. The maximum absolute atomic E-state index is 12.8. The van der Waals surface area contributed by atoms with Gasteiger partial charge in [-0.05, 0) is 31.4 Å². The molecular formula is C17H22ClNO4. The molecule has 1 heterocycles. The smallest absolute Gasteiger partial charge is 0.307 e. The Morgan fingerprint density at radius 3 is 2.65 bits per heavy atom. The minimum atomic E-state index is -0.703. The number of ether oxygens (including phenoxy) is 2. The molecule has 2 rings (SSSR count). The molecule has 1 aliphatic rings. The van der Waals surface area contributed by atoms with Gasteiger partial charge in [0.25, 0.3) is 0 Å². The lowest BCUT2D eigenvalue weighted by Crippen LogP contribution is -2.48. The van der Waals surface area contributed by atoms with Gasteiger partial charge < -0.3 is 14.8 Å². The van der Waals surface area contributed by atoms with Gasteiger partial charge in [-0.3, -0.25) is 9.59 Å². The predicted molar refractivity (Wildman–Crippen MR) is 87.4 cm³/mol. The third-order valence-electron chi connectivity index (χ3n) is 4.09. The molecular weight excluding hydrogens is 318 g/mol. The highest BCUT2D eigenvalue weighted by Crippen LogP contribution is 2.38. The molecule has 0 radical (unpaired) electrons. The van der Waals surface area contributed by atoms with E-state index >= 15 is 0 Å². The molecule has 5 nitrogen and oxygen atoms in total. The van der Waals surface area contributed by atoms with Crippen LogP contribution in [-0.2, 0) is 24.5 Å². The second-order valence-corrected chi connectivity index (χ2v) is 5.89. The van der Waals surface area contributed by atoms with Crippen LogP contribution in [0.4, 0.5) is 0 Å². The van der Waals surface area contributed by atoms with E-state index in [-0.39, 0.29) is 24.8 Å². The van der Waals surface area contributed by atoms with Gasteiger partial charge in [0.1, 0.15) is 0 Å². The van der Waals surface area contributed by atoms with Crippen LogP contribution in [0.2, 0.25) is 5.02 Å². The van der Waals surface area contributed by atoms with E-state index in [1.165, 1.54) is 0 Å². The third-order valence-corrected chi connectivity index (χ3v) is 4.42. The molecule has 0 aromatic heterocycles. The number of benzene rings is 1. The Balaban J connectivity index is 2.11. The van der Waals surface area contributed by atoms with Crippen molar-refractivity contribution in [2.45, 2.75) is 31.6 Å². The quantitative estimate of drug-likeness (QED) is 0.809. The Bertz CT molecular complexity index is 555. The summed E-state index contributed by atoms with van der Waals surface area (Å²) < 4.78 is 10.3. The molecule has 0 atom stereocenters. The van der Waals surface area contributed by atoms with E-state index in [1.54, 1.807) is 13.0 Å². The topological polar surface area (TPSA) is 64.6 Å². The number of hydrogen-bond acceptors (Lipinski definition) is 4. The third kappa shape index (κ3) is 4.24. The molecule has 0 aliphatic carbocycles. The Kier molecular flexibility index (Phi) is 6.42. The van der Waals surface area contributed by atoms with Crippen molar-refractivity contribution in [2.75, 3.05) is 26.4 Å². The zero-order chi connectivity index (χ0) is 16.7. The number of halogens is 1. The summed E-state index contributed by atoms with van der Waals surface area (Å²) in [5.74, 6) is -0.426. The summed E-state index contributed by atoms with van der Waals surface area (Å²) in [5, 5.41) is 3.43. The molecule has 126 valence electrons. The normalized spacial score (nSPS) is 16.6. The SMILES string of the molecule is CCOC(=O)CCNC(=O)C1(c2ccccc2Cl)CCOCC1. The zero-order valence-corrected chi connectivity index (χ0v) is 14.0. The van der Waals surface area contributed by atoms with Gasteiger partial charge in [0.2, 0.25) is 5.91 Å². The molecule has 1 amide bonds. The predicted octanol–water partition coefficient (Wildman–Crippen LogP) is 2.46. The van der Waals surface area contributed by atoms with Gasteiger partial charge in [0, 0.05) is 24.8 Å². The zero-order valence-electron chi connectivity index (χ0n) is 13.3. The van der Waals surface area contributed by atoms with E-state index in [0.717, 1.165) is 5.56 Å². The van der Waals surface area contributed by atoms with Crippen LogP contribution >= 0.6 is 11.6 Å². The second kappa shape index (κ2) is 8.31. The molecule has 0 spiro atoms. The van der Waals surface area contributed by atoms with Gasteiger partial charge in [-0.2, -0.15) is 0 Å². The highest BCUT2D eigenvalue weighted by molar-refractivity contribution is 6.31. The highest BCUT2D eigenvalue weighted by Gasteiger charge is 2.42. The highest BCUT2D eigenvalue weighted by atomic mass is 35.5. The molecule has 0 bridgehead atoms. The van der Waals surface area contributed by atoms with Crippen molar-refractivity contribution in [1.29, 1.82) is 0 Å². The molecule has 6 heteroatoms. The van der Waals surface area contributed by atoms with Crippen molar-refractivity contribution in [2.24, 2.45) is 0 Å². The van der Waals surface area contributed by atoms with E-state index in [2.05, 4.69) is 5.32 Å². The van der Waals surface area contributed by atoms with E-state index in [4.69, 9.17) is 21.1 Å². The van der Waals surface area contributed by atoms with Gasteiger partial charge in [-0.25, -0.2) is 0 Å². The molecule has 0 saturated carbocycles. The summed E-state index contributed by atoms with van der Waals surface area (Å²) in [5.41, 5.74) is 0.115. The Morgan fingerprint density at radius 1 is 1.30 bits per heavy atom. The maximum Gasteiger partial charge on any atom is 0.307 e. The fourth-order valence-electron chi connectivity index (χ4n) is 2.87. The van der Waals surface area contributed by atoms with Crippen molar-refractivity contribution in [3.8, 4) is 0 Å². The first-order valence-electron chi connectivity index (χ1n) is 7.87. The standard InChI is InChI=1S/C17H22ClNO4/c1-2-23-15(20)7-10-19-16(21)17(8-11-22-12-9-17)13-5-3-4-6-14(13)18/h3-6H,2,7-12H2,1H3,(H,19,21). The molecule has 1 saturated heterocycles. The van der Waals surface area contributed by atoms with Crippen molar-refractivity contribution in [1.82, 2.24) is 5.32 Å². The van der Waals surface area contributed by atoms with E-state index < -0.39 is 5.41 Å². The van der Waals surface area contributed by atoms with Crippen LogP contribution < -0.4 is 5.32 Å². The van der Waals surface area contributed by atoms with Crippen molar-refractivity contribution in [3.63, 3.8) is 0 Å². The average molecular weight is 340 g/mol. The minimum absolute atomic E-state index is 0.113. The lowest BCUT2D eigenvalue weighted by molar-refractivity contribution is -0.143. The van der Waals surface area contributed by atoms with Crippen LogP contribution in [0.3, 0.4) is 0 Å². The lowest BCUT2D eigenvalue weighted by Gasteiger charge is -2.36. The molecule has 1 N–H and O–H groups in total. The number of carbonyl (C=O) groups excluding carboxylic acids is 2. The van der Waals surface area contributed by atoms with Gasteiger partial charge in [-0.15, -0.1) is 0 Å². The average Bonchev–Trinajstić information content (AvgIpc) is 2.56. The van der Waals surface area contributed by atoms with Gasteiger partial charge in [0.15, 0.2) is 0 Å². The van der Waals surface area contributed by atoms with Crippen LogP contribution in [0.5, 0.6) is 0 Å². The van der Waals surface area contributed by atoms with E-state index in [0.29, 0.717) is 37.7 Å². The Labute approximate surface area is 141 Å². The second-order valence-electron chi connectivity index (χ2n) is 5.49.